The molecule has 0 aromatic carbocycles. The summed E-state index contributed by atoms with van der Waals surface area (Å²) in [5.41, 5.74) is -0.530. The Balaban J connectivity index is 0.908. The van der Waals surface area contributed by atoms with Gasteiger partial charge in [-0.3, -0.25) is 35.1 Å². The predicted molar refractivity (Wildman–Crippen MR) is 185 cm³/mol. The van der Waals surface area contributed by atoms with Gasteiger partial charge in [-0.05, 0) is 71.6 Å². The van der Waals surface area contributed by atoms with Gasteiger partial charge in [-0.25, -0.2) is 4.79 Å². The van der Waals surface area contributed by atoms with Gasteiger partial charge in [-0.1, -0.05) is 0 Å². The largest absolute Gasteiger partial charge is 0.444 e. The van der Waals surface area contributed by atoms with Crippen LogP contribution in [-0.2, 0) is 38.1 Å². The van der Waals surface area contributed by atoms with Crippen molar-refractivity contribution in [2.24, 2.45) is 23.7 Å². The van der Waals surface area contributed by atoms with Crippen LogP contribution in [0.15, 0.2) is 0 Å². The zero-order valence-electron chi connectivity index (χ0n) is 30.5. The molecule has 3 saturated heterocycles. The van der Waals surface area contributed by atoms with Crippen LogP contribution in [0, 0.1) is 23.7 Å². The van der Waals surface area contributed by atoms with E-state index in [-0.39, 0.29) is 66.1 Å². The van der Waals surface area contributed by atoms with Gasteiger partial charge in [-0.2, -0.15) is 0 Å². The van der Waals surface area contributed by atoms with Crippen molar-refractivity contribution in [1.82, 2.24) is 36.8 Å². The third-order valence-electron chi connectivity index (χ3n) is 10.6. The second kappa shape index (κ2) is 18.7. The summed E-state index contributed by atoms with van der Waals surface area (Å²) < 4.78 is 21.7. The lowest BCUT2D eigenvalue weighted by Crippen LogP contribution is -2.66. The summed E-state index contributed by atoms with van der Waals surface area (Å²) >= 11 is 0. The van der Waals surface area contributed by atoms with Crippen LogP contribution in [0.1, 0.15) is 72.1 Å². The van der Waals surface area contributed by atoms with E-state index in [1.165, 1.54) is 0 Å². The average Bonchev–Trinajstić information content (AvgIpc) is 3.40. The molecule has 6 N–H and O–H groups in total. The van der Waals surface area contributed by atoms with E-state index in [1.807, 2.05) is 20.8 Å². The molecule has 2 saturated carbocycles. The maximum absolute atomic E-state index is 13.4. The van der Waals surface area contributed by atoms with E-state index in [1.54, 1.807) is 4.90 Å². The van der Waals surface area contributed by atoms with Crippen LogP contribution in [0.25, 0.3) is 0 Å². The number of ether oxygens (including phenoxy) is 4. The van der Waals surface area contributed by atoms with Crippen molar-refractivity contribution < 1.29 is 42.9 Å². The summed E-state index contributed by atoms with van der Waals surface area (Å²) in [6, 6.07) is -0.114. The van der Waals surface area contributed by atoms with Crippen LogP contribution >= 0.6 is 0 Å². The monoisotopic (exact) mass is 721 g/mol. The highest BCUT2D eigenvalue weighted by molar-refractivity contribution is 6.02. The molecule has 0 bridgehead atoms. The highest BCUT2D eigenvalue weighted by atomic mass is 16.6. The molecule has 0 spiro atoms. The average molecular weight is 722 g/mol. The van der Waals surface area contributed by atoms with Crippen LogP contribution in [-0.4, -0.2) is 130 Å². The number of fused-ring (bicyclic) bond motifs is 2. The van der Waals surface area contributed by atoms with E-state index in [0.717, 1.165) is 38.5 Å². The molecule has 2 aliphatic carbocycles. The van der Waals surface area contributed by atoms with Crippen molar-refractivity contribution >= 4 is 29.7 Å². The summed E-state index contributed by atoms with van der Waals surface area (Å²) in [6.07, 6.45) is 5.49. The fraction of sp³-hybridized carbons (Fsp3) is 0.857. The highest BCUT2D eigenvalue weighted by Crippen LogP contribution is 2.40. The van der Waals surface area contributed by atoms with Crippen molar-refractivity contribution in [3.05, 3.63) is 0 Å². The second-order valence-corrected chi connectivity index (χ2v) is 15.4. The smallest absolute Gasteiger partial charge is 0.407 e. The van der Waals surface area contributed by atoms with E-state index in [4.69, 9.17) is 18.9 Å². The standard InChI is InChI=1S/C35H59N7O9/c1-35(2,3)51-34(47)37-11-13-49-15-17-50-16-14-48-12-10-36-31(44)22-5-7-25-27(18-22)38-21-39-30(25)40-24-6-4-23-20-42(33(46)26(23)19-24)28-8-9-29(43)41-32(28)45/h22-28,30,38-40H,4-21H2,1-3H3,(H,36,44)(H,37,47)(H,41,43,45). The number of hydrogen-bond donors (Lipinski definition) is 6. The zero-order valence-corrected chi connectivity index (χ0v) is 30.5. The van der Waals surface area contributed by atoms with Crippen molar-refractivity contribution in [3.8, 4) is 0 Å². The highest BCUT2D eigenvalue weighted by Gasteiger charge is 2.49. The van der Waals surface area contributed by atoms with Crippen molar-refractivity contribution in [1.29, 1.82) is 0 Å². The van der Waals surface area contributed by atoms with Crippen LogP contribution in [0.4, 0.5) is 4.79 Å². The van der Waals surface area contributed by atoms with Gasteiger partial charge in [0, 0.05) is 62.6 Å². The van der Waals surface area contributed by atoms with Gasteiger partial charge in [-0.15, -0.1) is 0 Å². The number of rotatable bonds is 16. The Labute approximate surface area is 300 Å². The van der Waals surface area contributed by atoms with Gasteiger partial charge >= 0.3 is 6.09 Å². The van der Waals surface area contributed by atoms with Gasteiger partial charge in [0.15, 0.2) is 0 Å². The summed E-state index contributed by atoms with van der Waals surface area (Å²) in [5, 5.41) is 19.0. The van der Waals surface area contributed by atoms with Gasteiger partial charge in [0.25, 0.3) is 0 Å². The van der Waals surface area contributed by atoms with Crippen LogP contribution in [0.5, 0.6) is 0 Å². The molecule has 0 aromatic rings. The molecule has 3 heterocycles. The fourth-order valence-corrected chi connectivity index (χ4v) is 8.15. The third kappa shape index (κ3) is 11.5. The van der Waals surface area contributed by atoms with E-state index in [0.29, 0.717) is 78.3 Å². The number of carbonyl (C=O) groups excluding carboxylic acids is 5. The van der Waals surface area contributed by atoms with Crippen LogP contribution < -0.4 is 31.9 Å². The maximum atomic E-state index is 13.4. The summed E-state index contributed by atoms with van der Waals surface area (Å²) in [5.74, 6) is -0.0578. The van der Waals surface area contributed by atoms with Crippen LogP contribution in [0.3, 0.4) is 0 Å². The first kappa shape index (κ1) is 39.3. The van der Waals surface area contributed by atoms with E-state index in [2.05, 4.69) is 31.9 Å². The molecule has 288 valence electrons. The number of nitrogens with one attached hydrogen (secondary N) is 6. The SMILES string of the molecule is CC(C)(C)OC(=O)NCCOCCOCCOCCNC(=O)C1CCC2C(C1)NCNC2NC1CCC2CN(C3CCC(=O)NC3=O)C(=O)C2C1. The number of likely N-dealkylation sites (tertiary alicyclic amines) is 1. The normalized spacial score (nSPS) is 31.0. The first-order chi connectivity index (χ1) is 24.5. The number of carbonyl (C=O) groups is 5. The van der Waals surface area contributed by atoms with Gasteiger partial charge in [0.2, 0.25) is 23.6 Å². The summed E-state index contributed by atoms with van der Waals surface area (Å²) in [6.45, 7) is 9.93. The lowest BCUT2D eigenvalue weighted by molar-refractivity contribution is -0.144. The summed E-state index contributed by atoms with van der Waals surface area (Å²) in [4.78, 5) is 63.8. The minimum absolute atomic E-state index is 0.0483. The first-order valence-corrected chi connectivity index (χ1v) is 18.8. The number of nitrogens with zero attached hydrogens (tertiary/aromatic N) is 1. The minimum Gasteiger partial charge on any atom is -0.444 e. The number of hydrogen-bond acceptors (Lipinski definition) is 12. The molecule has 8 unspecified atom stereocenters. The van der Waals surface area contributed by atoms with Crippen molar-refractivity contribution in [2.45, 2.75) is 102 Å². The number of alkyl carbamates (subject to hydrolysis) is 1. The number of amides is 5. The van der Waals surface area contributed by atoms with Gasteiger partial charge in [0.1, 0.15) is 11.6 Å². The molecule has 0 aromatic heterocycles. The molecule has 5 rings (SSSR count). The van der Waals surface area contributed by atoms with Crippen molar-refractivity contribution in [3.63, 3.8) is 0 Å². The lowest BCUT2D eigenvalue weighted by atomic mass is 9.74. The molecule has 5 fully saturated rings. The Morgan fingerprint density at radius 3 is 2.25 bits per heavy atom. The molecule has 3 aliphatic heterocycles. The number of imide groups is 1. The maximum Gasteiger partial charge on any atom is 0.407 e. The summed E-state index contributed by atoms with van der Waals surface area (Å²) in [7, 11) is 0. The first-order valence-electron chi connectivity index (χ1n) is 18.8. The Hall–Kier alpha value is -2.89. The van der Waals surface area contributed by atoms with Crippen molar-refractivity contribution in [2.75, 3.05) is 65.9 Å². The molecule has 16 nitrogen and oxygen atoms in total. The number of piperidine rings is 1. The molecule has 51 heavy (non-hydrogen) atoms. The van der Waals surface area contributed by atoms with E-state index in [9.17, 15) is 24.0 Å². The molecule has 16 heteroatoms. The Morgan fingerprint density at radius 1 is 0.843 bits per heavy atom. The fourth-order valence-electron chi connectivity index (χ4n) is 8.15. The molecular formula is C35H59N7O9. The third-order valence-corrected chi connectivity index (χ3v) is 10.6. The zero-order chi connectivity index (χ0) is 36.4. The molecule has 5 aliphatic rings. The Morgan fingerprint density at radius 2 is 1.55 bits per heavy atom. The Kier molecular flexibility index (Phi) is 14.4. The van der Waals surface area contributed by atoms with Crippen LogP contribution in [0.2, 0.25) is 0 Å². The lowest BCUT2D eigenvalue weighted by Gasteiger charge is -2.46. The molecule has 0 radical (unpaired) electrons. The topological polar surface area (TPSA) is 198 Å². The van der Waals surface area contributed by atoms with Gasteiger partial charge < -0.3 is 39.8 Å². The minimum atomic E-state index is -0.537. The van der Waals surface area contributed by atoms with Gasteiger partial charge in [0.05, 0.1) is 45.8 Å². The second-order valence-electron chi connectivity index (χ2n) is 15.4. The molecular weight excluding hydrogens is 662 g/mol. The van der Waals surface area contributed by atoms with E-state index >= 15 is 0 Å². The molecule has 5 amide bonds. The Bertz CT molecular complexity index is 1220. The van der Waals surface area contributed by atoms with E-state index < -0.39 is 17.7 Å². The quantitative estimate of drug-likeness (QED) is 0.0921. The molecule has 8 atom stereocenters. The predicted octanol–water partition coefficient (Wildman–Crippen LogP) is -0.0397.